The molecule has 0 aliphatic heterocycles. The molecule has 0 saturated heterocycles. The Hall–Kier alpha value is -0.260. The van der Waals surface area contributed by atoms with Gasteiger partial charge < -0.3 is 14.9 Å². The van der Waals surface area contributed by atoms with Crippen LogP contribution >= 0.6 is 11.8 Å². The molecule has 2 N–H and O–H groups in total. The molecule has 4 nitrogen and oxygen atoms in total. The first kappa shape index (κ1) is 14.7. The molecular formula is C10H20O4S. The minimum absolute atomic E-state index is 0.284. The zero-order valence-electron chi connectivity index (χ0n) is 9.69. The first-order chi connectivity index (χ1) is 6.76. The van der Waals surface area contributed by atoms with Gasteiger partial charge in [-0.2, -0.15) is 0 Å². The van der Waals surface area contributed by atoms with Crippen LogP contribution in [0.4, 0.5) is 0 Å². The van der Waals surface area contributed by atoms with Crippen molar-refractivity contribution in [3.8, 4) is 0 Å². The molecule has 0 aliphatic carbocycles. The van der Waals surface area contributed by atoms with Crippen LogP contribution < -0.4 is 0 Å². The summed E-state index contributed by atoms with van der Waals surface area (Å²) in [4.78, 5) is 11.5. The smallest absolute Gasteiger partial charge is 0.319 e. The van der Waals surface area contributed by atoms with Gasteiger partial charge in [0.2, 0.25) is 0 Å². The summed E-state index contributed by atoms with van der Waals surface area (Å²) in [5, 5.41) is 17.4. The molecule has 0 radical (unpaired) electrons. The number of ether oxygens (including phenoxy) is 1. The van der Waals surface area contributed by atoms with E-state index in [-0.39, 0.29) is 17.8 Å². The Labute approximate surface area is 95.0 Å². The van der Waals surface area contributed by atoms with Crippen LogP contribution in [-0.4, -0.2) is 45.5 Å². The third-order valence-electron chi connectivity index (χ3n) is 1.49. The fourth-order valence-corrected chi connectivity index (χ4v) is 1.56. The molecule has 2 unspecified atom stereocenters. The van der Waals surface area contributed by atoms with Crippen molar-refractivity contribution in [1.82, 2.24) is 0 Å². The van der Waals surface area contributed by atoms with Gasteiger partial charge in [-0.1, -0.05) is 0 Å². The molecule has 0 rings (SSSR count). The molecule has 90 valence electrons. The van der Waals surface area contributed by atoms with Gasteiger partial charge in [0, 0.05) is 5.75 Å². The van der Waals surface area contributed by atoms with Gasteiger partial charge >= 0.3 is 5.97 Å². The van der Waals surface area contributed by atoms with E-state index in [0.717, 1.165) is 0 Å². The van der Waals surface area contributed by atoms with Crippen molar-refractivity contribution in [2.45, 2.75) is 44.6 Å². The second-order valence-corrected chi connectivity index (χ2v) is 5.72. The number of aliphatic hydroxyl groups is 2. The van der Waals surface area contributed by atoms with Crippen molar-refractivity contribution in [2.24, 2.45) is 0 Å². The molecule has 0 bridgehead atoms. The summed E-state index contributed by atoms with van der Waals surface area (Å²) in [7, 11) is 0. The largest absolute Gasteiger partial charge is 0.459 e. The lowest BCUT2D eigenvalue weighted by Gasteiger charge is -2.22. The Morgan fingerprint density at radius 3 is 2.40 bits per heavy atom. The number of carbonyl (C=O) groups is 1. The zero-order chi connectivity index (χ0) is 12.1. The van der Waals surface area contributed by atoms with E-state index in [4.69, 9.17) is 14.9 Å². The molecule has 5 heteroatoms. The molecular weight excluding hydrogens is 216 g/mol. The topological polar surface area (TPSA) is 66.8 Å². The molecule has 0 aliphatic rings. The number of esters is 1. The summed E-state index contributed by atoms with van der Waals surface area (Å²) in [5.74, 6) is 0.0364. The highest BCUT2D eigenvalue weighted by Gasteiger charge is 2.22. The second-order valence-electron chi connectivity index (χ2n) is 4.35. The van der Waals surface area contributed by atoms with E-state index in [9.17, 15) is 4.79 Å². The number of thioether (sulfide) groups is 1. The fourth-order valence-electron chi connectivity index (χ4n) is 0.761. The highest BCUT2D eigenvalue weighted by molar-refractivity contribution is 8.00. The average Bonchev–Trinajstić information content (AvgIpc) is 2.10. The molecule has 0 fully saturated rings. The fraction of sp³-hybridized carbons (Fsp3) is 0.900. The normalized spacial score (nSPS) is 15.9. The van der Waals surface area contributed by atoms with Crippen molar-refractivity contribution in [1.29, 1.82) is 0 Å². The summed E-state index contributed by atoms with van der Waals surface area (Å²) in [6.45, 7) is 6.87. The summed E-state index contributed by atoms with van der Waals surface area (Å²) < 4.78 is 5.16. The second kappa shape index (κ2) is 6.35. The molecule has 0 amide bonds. The van der Waals surface area contributed by atoms with Crippen molar-refractivity contribution >= 4 is 17.7 Å². The van der Waals surface area contributed by atoms with Gasteiger partial charge in [0.25, 0.3) is 0 Å². The molecule has 0 saturated carbocycles. The molecule has 0 aromatic heterocycles. The number of hydrogen-bond acceptors (Lipinski definition) is 5. The van der Waals surface area contributed by atoms with Crippen LogP contribution in [0.15, 0.2) is 0 Å². The van der Waals surface area contributed by atoms with E-state index in [1.165, 1.54) is 11.8 Å². The third kappa shape index (κ3) is 7.64. The van der Waals surface area contributed by atoms with Crippen LogP contribution in [0.25, 0.3) is 0 Å². The molecule has 0 aromatic rings. The van der Waals surface area contributed by atoms with Crippen molar-refractivity contribution in [3.05, 3.63) is 0 Å². The van der Waals surface area contributed by atoms with E-state index in [0.29, 0.717) is 5.75 Å². The van der Waals surface area contributed by atoms with E-state index in [2.05, 4.69) is 0 Å². The first-order valence-electron chi connectivity index (χ1n) is 4.89. The van der Waals surface area contributed by atoms with Crippen LogP contribution in [-0.2, 0) is 9.53 Å². The van der Waals surface area contributed by atoms with Gasteiger partial charge in [0.15, 0.2) is 0 Å². The predicted octanol–water partition coefficient (Wildman–Crippen LogP) is 0.803. The predicted molar refractivity (Wildman–Crippen MR) is 60.9 cm³/mol. The summed E-state index contributed by atoms with van der Waals surface area (Å²) in [6, 6.07) is 0. The number of hydrogen-bond donors (Lipinski definition) is 2. The van der Waals surface area contributed by atoms with Crippen LogP contribution in [0.3, 0.4) is 0 Å². The highest BCUT2D eigenvalue weighted by atomic mass is 32.2. The quantitative estimate of drug-likeness (QED) is 0.691. The van der Waals surface area contributed by atoms with Gasteiger partial charge in [-0.3, -0.25) is 4.79 Å². The van der Waals surface area contributed by atoms with Gasteiger partial charge in [-0.15, -0.1) is 11.8 Å². The Morgan fingerprint density at radius 1 is 1.47 bits per heavy atom. The van der Waals surface area contributed by atoms with Crippen LogP contribution in [0.1, 0.15) is 27.7 Å². The highest BCUT2D eigenvalue weighted by Crippen LogP contribution is 2.17. The Kier molecular flexibility index (Phi) is 6.24. The lowest BCUT2D eigenvalue weighted by Crippen LogP contribution is -2.29. The average molecular weight is 236 g/mol. The molecule has 0 aromatic carbocycles. The van der Waals surface area contributed by atoms with Crippen molar-refractivity contribution in [2.75, 3.05) is 12.4 Å². The number of carbonyl (C=O) groups excluding carboxylic acids is 1. The summed E-state index contributed by atoms with van der Waals surface area (Å²) in [6.07, 6.45) is -0.778. The zero-order valence-corrected chi connectivity index (χ0v) is 10.5. The molecule has 0 heterocycles. The maximum absolute atomic E-state index is 11.5. The Morgan fingerprint density at radius 2 is 2.00 bits per heavy atom. The summed E-state index contributed by atoms with van der Waals surface area (Å²) >= 11 is 1.27. The van der Waals surface area contributed by atoms with E-state index >= 15 is 0 Å². The minimum atomic E-state index is -0.778. The monoisotopic (exact) mass is 236 g/mol. The van der Waals surface area contributed by atoms with E-state index in [1.807, 2.05) is 20.8 Å². The Balaban J connectivity index is 3.90. The van der Waals surface area contributed by atoms with Gasteiger partial charge in [-0.25, -0.2) is 0 Å². The third-order valence-corrected chi connectivity index (χ3v) is 2.76. The minimum Gasteiger partial charge on any atom is -0.459 e. The van der Waals surface area contributed by atoms with Crippen LogP contribution in [0, 0.1) is 0 Å². The van der Waals surface area contributed by atoms with Gasteiger partial charge in [-0.05, 0) is 27.7 Å². The molecule has 0 spiro atoms. The molecule has 2 atom stereocenters. The van der Waals surface area contributed by atoms with Gasteiger partial charge in [0.05, 0.1) is 18.0 Å². The SMILES string of the molecule is CC(SCC(O)CO)C(=O)OC(C)(C)C. The van der Waals surface area contributed by atoms with Crippen LogP contribution in [0.5, 0.6) is 0 Å². The lowest BCUT2D eigenvalue weighted by atomic mass is 10.2. The standard InChI is InChI=1S/C10H20O4S/c1-7(15-6-8(12)5-11)9(13)14-10(2,3)4/h7-8,11-12H,5-6H2,1-4H3. The summed E-state index contributed by atoms with van der Waals surface area (Å²) in [5.41, 5.74) is -0.485. The first-order valence-corrected chi connectivity index (χ1v) is 5.94. The van der Waals surface area contributed by atoms with Crippen molar-refractivity contribution < 1.29 is 19.7 Å². The van der Waals surface area contributed by atoms with E-state index in [1.54, 1.807) is 6.92 Å². The maximum Gasteiger partial charge on any atom is 0.319 e. The number of rotatable bonds is 5. The lowest BCUT2D eigenvalue weighted by molar-refractivity contribution is -0.153. The van der Waals surface area contributed by atoms with Crippen LogP contribution in [0.2, 0.25) is 0 Å². The van der Waals surface area contributed by atoms with E-state index < -0.39 is 11.7 Å². The Bertz CT molecular complexity index is 200. The van der Waals surface area contributed by atoms with Crippen molar-refractivity contribution in [3.63, 3.8) is 0 Å². The van der Waals surface area contributed by atoms with Gasteiger partial charge in [0.1, 0.15) is 5.60 Å². The molecule has 15 heavy (non-hydrogen) atoms. The number of aliphatic hydroxyl groups excluding tert-OH is 2. The maximum atomic E-state index is 11.5.